The van der Waals surface area contributed by atoms with Crippen LogP contribution in [-0.4, -0.2) is 43.0 Å². The van der Waals surface area contributed by atoms with Crippen molar-refractivity contribution in [3.63, 3.8) is 0 Å². The number of carbonyl (C=O) groups is 2. The number of nitrogens with two attached hydrogens (primary N) is 1. The third-order valence-electron chi connectivity index (χ3n) is 5.33. The number of fused-ring (bicyclic) bond motifs is 3. The summed E-state index contributed by atoms with van der Waals surface area (Å²) in [7, 11) is 0. The van der Waals surface area contributed by atoms with Crippen LogP contribution in [0.2, 0.25) is 0 Å². The van der Waals surface area contributed by atoms with Crippen molar-refractivity contribution in [2.45, 2.75) is 37.8 Å². The lowest BCUT2D eigenvalue weighted by Gasteiger charge is -2.19. The van der Waals surface area contributed by atoms with Gasteiger partial charge in [-0.1, -0.05) is 55.0 Å². The zero-order valence-corrected chi connectivity index (χ0v) is 17.4. The Bertz CT molecular complexity index is 903. The zero-order valence-electron chi connectivity index (χ0n) is 17.4. The van der Waals surface area contributed by atoms with Crippen LogP contribution < -0.4 is 5.84 Å². The van der Waals surface area contributed by atoms with Crippen LogP contribution >= 0.6 is 0 Å². The first kappa shape index (κ1) is 23.6. The molecule has 2 aromatic carbocycles. The maximum Gasteiger partial charge on any atom is 0.490 e. The average Bonchev–Trinajstić information content (AvgIpc) is 3.09. The van der Waals surface area contributed by atoms with Gasteiger partial charge >= 0.3 is 18.2 Å². The van der Waals surface area contributed by atoms with E-state index in [9.17, 15) is 22.8 Å². The van der Waals surface area contributed by atoms with E-state index < -0.39 is 18.2 Å². The average molecular weight is 450 g/mol. The summed E-state index contributed by atoms with van der Waals surface area (Å²) in [5, 5.41) is 0.996. The largest absolute Gasteiger partial charge is 0.490 e. The summed E-state index contributed by atoms with van der Waals surface area (Å²) in [6, 6.07) is 16.0. The number of unbranched alkanes of at least 4 members (excludes halogenated alkanes) is 3. The lowest BCUT2D eigenvalue weighted by atomic mass is 9.98. The molecule has 9 heteroatoms. The lowest BCUT2D eigenvalue weighted by molar-refractivity contribution is -0.199. The maximum atomic E-state index is 12.3. The van der Waals surface area contributed by atoms with Crippen LogP contribution in [0.1, 0.15) is 42.7 Å². The summed E-state index contributed by atoms with van der Waals surface area (Å²) in [6.07, 6.45) is -3.59. The number of amides is 1. The smallest absolute Gasteiger partial charge is 0.459 e. The van der Waals surface area contributed by atoms with E-state index in [1.165, 1.54) is 0 Å². The quantitative estimate of drug-likeness (QED) is 0.196. The van der Waals surface area contributed by atoms with Gasteiger partial charge in [-0.3, -0.25) is 0 Å². The highest BCUT2D eigenvalue weighted by Gasteiger charge is 2.40. The Labute approximate surface area is 184 Å². The normalized spacial score (nSPS) is 12.8. The van der Waals surface area contributed by atoms with Gasteiger partial charge in [0.05, 0.1) is 6.61 Å². The number of benzene rings is 2. The molecule has 1 aliphatic rings. The predicted molar refractivity (Wildman–Crippen MR) is 111 cm³/mol. The van der Waals surface area contributed by atoms with Crippen LogP contribution in [0.5, 0.6) is 0 Å². The van der Waals surface area contributed by atoms with Crippen LogP contribution in [0.3, 0.4) is 0 Å². The van der Waals surface area contributed by atoms with E-state index in [-0.39, 0.29) is 25.7 Å². The van der Waals surface area contributed by atoms with Crippen LogP contribution in [0.15, 0.2) is 48.5 Å². The van der Waals surface area contributed by atoms with E-state index in [1.54, 1.807) is 0 Å². The first-order valence-electron chi connectivity index (χ1n) is 10.4. The maximum absolute atomic E-state index is 12.3. The fraction of sp³-hybridized carbons (Fsp3) is 0.391. The van der Waals surface area contributed by atoms with E-state index in [2.05, 4.69) is 16.9 Å². The van der Waals surface area contributed by atoms with Crippen molar-refractivity contribution in [3.8, 4) is 11.1 Å². The first-order valence-corrected chi connectivity index (χ1v) is 10.4. The molecule has 0 aliphatic heterocycles. The second-order valence-electron chi connectivity index (χ2n) is 7.55. The summed E-state index contributed by atoms with van der Waals surface area (Å²) < 4.78 is 45.6. The molecule has 0 atom stereocenters. The predicted octanol–water partition coefficient (Wildman–Crippen LogP) is 4.78. The Morgan fingerprint density at radius 1 is 0.875 bits per heavy atom. The van der Waals surface area contributed by atoms with Crippen LogP contribution in [0.4, 0.5) is 18.0 Å². The molecule has 0 radical (unpaired) electrons. The zero-order chi connectivity index (χ0) is 23.1. The number of hydrogen-bond acceptors (Lipinski definition) is 5. The molecule has 172 valence electrons. The van der Waals surface area contributed by atoms with Crippen LogP contribution in [0, 0.1) is 0 Å². The van der Waals surface area contributed by atoms with Gasteiger partial charge in [0.25, 0.3) is 0 Å². The van der Waals surface area contributed by atoms with Crippen molar-refractivity contribution >= 4 is 12.1 Å². The molecule has 0 fully saturated rings. The highest BCUT2D eigenvalue weighted by molar-refractivity contribution is 5.79. The second-order valence-corrected chi connectivity index (χ2v) is 7.55. The Morgan fingerprint density at radius 2 is 1.44 bits per heavy atom. The number of hydrazine groups is 1. The minimum atomic E-state index is -4.97. The van der Waals surface area contributed by atoms with Crippen molar-refractivity contribution in [2.75, 3.05) is 19.8 Å². The van der Waals surface area contributed by atoms with E-state index in [1.807, 2.05) is 36.4 Å². The Hall–Kier alpha value is -3.07. The third-order valence-corrected chi connectivity index (χ3v) is 5.33. The molecule has 0 aromatic heterocycles. The molecule has 0 saturated heterocycles. The van der Waals surface area contributed by atoms with E-state index >= 15 is 0 Å². The summed E-state index contributed by atoms with van der Waals surface area (Å²) >= 11 is 0. The molecule has 3 rings (SSSR count). The molecule has 1 amide bonds. The molecule has 0 saturated carbocycles. The van der Waals surface area contributed by atoms with E-state index in [0.717, 1.165) is 27.3 Å². The highest BCUT2D eigenvalue weighted by atomic mass is 19.4. The van der Waals surface area contributed by atoms with E-state index in [0.29, 0.717) is 25.7 Å². The molecule has 0 spiro atoms. The van der Waals surface area contributed by atoms with Gasteiger partial charge in [0.2, 0.25) is 0 Å². The Balaban J connectivity index is 1.37. The molecule has 2 N–H and O–H groups in total. The van der Waals surface area contributed by atoms with Crippen molar-refractivity contribution in [1.29, 1.82) is 0 Å². The lowest BCUT2D eigenvalue weighted by Crippen LogP contribution is -2.39. The van der Waals surface area contributed by atoms with Crippen molar-refractivity contribution in [3.05, 3.63) is 59.7 Å². The summed E-state index contributed by atoms with van der Waals surface area (Å²) in [4.78, 5) is 22.9. The molecule has 0 heterocycles. The number of nitrogens with zero attached hydrogens (tertiary/aromatic N) is 1. The molecule has 0 bridgehead atoms. The third kappa shape index (κ3) is 5.79. The fourth-order valence-electron chi connectivity index (χ4n) is 3.75. The topological polar surface area (TPSA) is 81.9 Å². The van der Waals surface area contributed by atoms with Crippen molar-refractivity contribution in [1.82, 2.24) is 5.01 Å². The van der Waals surface area contributed by atoms with Gasteiger partial charge in [0.15, 0.2) is 0 Å². The monoisotopic (exact) mass is 450 g/mol. The number of carbonyl (C=O) groups excluding carboxylic acids is 2. The van der Waals surface area contributed by atoms with Crippen molar-refractivity contribution in [2.24, 2.45) is 5.84 Å². The summed E-state index contributed by atoms with van der Waals surface area (Å²) in [5.41, 5.74) is 4.48. The molecule has 2 aromatic rings. The van der Waals surface area contributed by atoms with Gasteiger partial charge in [0.1, 0.15) is 6.61 Å². The second kappa shape index (κ2) is 10.5. The van der Waals surface area contributed by atoms with Gasteiger partial charge in [-0.05, 0) is 41.5 Å². The first-order chi connectivity index (χ1) is 15.3. The van der Waals surface area contributed by atoms with Crippen molar-refractivity contribution < 1.29 is 32.2 Å². The number of alkyl halides is 3. The van der Waals surface area contributed by atoms with Gasteiger partial charge in [-0.2, -0.15) is 13.2 Å². The van der Waals surface area contributed by atoms with E-state index in [4.69, 9.17) is 10.6 Å². The molecule has 6 nitrogen and oxygen atoms in total. The molecule has 1 aliphatic carbocycles. The number of ether oxygens (including phenoxy) is 2. The molecular weight excluding hydrogens is 425 g/mol. The molecule has 32 heavy (non-hydrogen) atoms. The number of hydrogen-bond donors (Lipinski definition) is 1. The number of rotatable bonds is 9. The SMILES string of the molecule is NN(CCCCCCOC(=O)C(F)(F)F)C(=O)OCC1c2ccccc2-c2ccccc21. The number of esters is 1. The van der Waals surface area contributed by atoms with Gasteiger partial charge in [-0.15, -0.1) is 0 Å². The standard InChI is InChI=1S/C23H25F3N2O4/c24-23(25,26)21(29)31-14-8-2-1-7-13-28(27)22(30)32-15-20-18-11-5-3-9-16(18)17-10-4-6-12-19(17)20/h3-6,9-12,20H,1-2,7-8,13-15,27H2. The minimum absolute atomic E-state index is 0.0563. The van der Waals surface area contributed by atoms with Crippen LogP contribution in [0.25, 0.3) is 11.1 Å². The molecule has 0 unspecified atom stereocenters. The van der Waals surface area contributed by atoms with Gasteiger partial charge in [-0.25, -0.2) is 20.4 Å². The van der Waals surface area contributed by atoms with Crippen LogP contribution in [-0.2, 0) is 14.3 Å². The Kier molecular flexibility index (Phi) is 7.74. The summed E-state index contributed by atoms with van der Waals surface area (Å²) in [5.74, 6) is 3.55. The minimum Gasteiger partial charge on any atom is -0.459 e. The highest BCUT2D eigenvalue weighted by Crippen LogP contribution is 2.44. The fourth-order valence-corrected chi connectivity index (χ4v) is 3.75. The van der Waals surface area contributed by atoms with Gasteiger partial charge < -0.3 is 9.47 Å². The molecular formula is C23H25F3N2O4. The van der Waals surface area contributed by atoms with Gasteiger partial charge in [0, 0.05) is 12.5 Å². The number of halogens is 3. The summed E-state index contributed by atoms with van der Waals surface area (Å²) in [6.45, 7) is 0.126. The Morgan fingerprint density at radius 3 is 2.03 bits per heavy atom.